The van der Waals surface area contributed by atoms with Crippen LogP contribution in [0.15, 0.2) is 42.7 Å². The van der Waals surface area contributed by atoms with Gasteiger partial charge in [0.1, 0.15) is 23.4 Å². The Labute approximate surface area is 197 Å². The number of aliphatic hydroxyl groups is 1. The molecule has 2 aromatic rings. The Hall–Kier alpha value is -2.91. The molecule has 1 N–H and O–H groups in total. The summed E-state index contributed by atoms with van der Waals surface area (Å²) in [6.07, 6.45) is -2.71. The minimum atomic E-state index is -4.49. The van der Waals surface area contributed by atoms with Gasteiger partial charge in [0, 0.05) is 23.5 Å². The van der Waals surface area contributed by atoms with Crippen LogP contribution in [0.3, 0.4) is 0 Å². The number of halogens is 6. The SMILES string of the molecule is C/C=C(/O)c1ccnc(C(F)(F)F)c1.CC.CC.CCCC.O=Cc1ccnc(C(F)(F)F)c1. The number of hydrogen-bond acceptors (Lipinski definition) is 4. The topological polar surface area (TPSA) is 63.1 Å². The van der Waals surface area contributed by atoms with Crippen molar-refractivity contribution in [1.29, 1.82) is 0 Å². The fourth-order valence-electron chi connectivity index (χ4n) is 1.59. The number of allylic oxidation sites excluding steroid dienone is 1. The second-order valence-corrected chi connectivity index (χ2v) is 5.69. The molecule has 2 heterocycles. The molecule has 0 aliphatic rings. The second-order valence-electron chi connectivity index (χ2n) is 5.69. The lowest BCUT2D eigenvalue weighted by Crippen LogP contribution is -2.07. The molecular formula is C24H34F6N2O2. The van der Waals surface area contributed by atoms with Crippen molar-refractivity contribution in [2.24, 2.45) is 0 Å². The Bertz CT molecular complexity index is 818. The Morgan fingerprint density at radius 3 is 1.62 bits per heavy atom. The maximum absolute atomic E-state index is 12.2. The largest absolute Gasteiger partial charge is 0.508 e. The van der Waals surface area contributed by atoms with Crippen molar-refractivity contribution in [1.82, 2.24) is 9.97 Å². The summed E-state index contributed by atoms with van der Waals surface area (Å²) in [5.74, 6) is -0.196. The van der Waals surface area contributed by atoms with E-state index in [1.807, 2.05) is 27.7 Å². The number of aromatic nitrogens is 2. The van der Waals surface area contributed by atoms with E-state index in [1.54, 1.807) is 0 Å². The smallest absolute Gasteiger partial charge is 0.433 e. The van der Waals surface area contributed by atoms with Crippen LogP contribution in [0.5, 0.6) is 0 Å². The minimum Gasteiger partial charge on any atom is -0.508 e. The standard InChI is InChI=1S/C9H8F3NO.C7H4F3NO.C4H10.2C2H6/c1-2-7(14)6-3-4-13-8(5-6)9(10,11)12;8-7(9,10)6-3-5(4-12)1-2-11-6;1-3-4-2;2*1-2/h2-5,14H,1H3;1-4H;3-4H2,1-2H3;2*1-2H3/b7-2+;;;;. The molecule has 4 nitrogen and oxygen atoms in total. The monoisotopic (exact) mass is 496 g/mol. The molecule has 0 radical (unpaired) electrons. The van der Waals surface area contributed by atoms with Crippen LogP contribution in [0.25, 0.3) is 5.76 Å². The zero-order valence-corrected chi connectivity index (χ0v) is 20.6. The van der Waals surface area contributed by atoms with Crippen LogP contribution in [0, 0.1) is 0 Å². The Kier molecular flexibility index (Phi) is 20.5. The molecule has 0 saturated carbocycles. The Morgan fingerprint density at radius 1 is 0.853 bits per heavy atom. The first-order chi connectivity index (χ1) is 15.9. The lowest BCUT2D eigenvalue weighted by atomic mass is 10.2. The molecule has 0 fully saturated rings. The van der Waals surface area contributed by atoms with E-state index in [9.17, 15) is 36.2 Å². The van der Waals surface area contributed by atoms with Crippen LogP contribution in [0.1, 0.15) is 88.6 Å². The van der Waals surface area contributed by atoms with Crippen molar-refractivity contribution in [3.8, 4) is 0 Å². The van der Waals surface area contributed by atoms with Gasteiger partial charge in [0.15, 0.2) is 0 Å². The molecule has 0 saturated heterocycles. The lowest BCUT2D eigenvalue weighted by molar-refractivity contribution is -0.142. The van der Waals surface area contributed by atoms with E-state index < -0.39 is 23.7 Å². The zero-order chi connectivity index (χ0) is 27.4. The summed E-state index contributed by atoms with van der Waals surface area (Å²) in [7, 11) is 0. The first-order valence-corrected chi connectivity index (χ1v) is 10.8. The molecule has 34 heavy (non-hydrogen) atoms. The van der Waals surface area contributed by atoms with Gasteiger partial charge >= 0.3 is 12.4 Å². The summed E-state index contributed by atoms with van der Waals surface area (Å²) >= 11 is 0. The Morgan fingerprint density at radius 2 is 1.26 bits per heavy atom. The molecule has 0 bridgehead atoms. The van der Waals surface area contributed by atoms with Gasteiger partial charge in [-0.25, -0.2) is 0 Å². The summed E-state index contributed by atoms with van der Waals surface area (Å²) in [5, 5.41) is 9.19. The normalized spacial score (nSPS) is 10.6. The molecule has 2 rings (SSSR count). The molecule has 0 amide bonds. The molecule has 0 aliphatic heterocycles. The maximum atomic E-state index is 12.2. The van der Waals surface area contributed by atoms with Crippen LogP contribution in [0.2, 0.25) is 0 Å². The fourth-order valence-corrected chi connectivity index (χ4v) is 1.59. The highest BCUT2D eigenvalue weighted by Gasteiger charge is 2.33. The predicted octanol–water partition coefficient (Wildman–Crippen LogP) is 8.79. The van der Waals surface area contributed by atoms with E-state index in [0.29, 0.717) is 12.4 Å². The number of carbonyl (C=O) groups excluding carboxylic acids is 1. The van der Waals surface area contributed by atoms with Crippen molar-refractivity contribution in [3.63, 3.8) is 0 Å². The van der Waals surface area contributed by atoms with Crippen molar-refractivity contribution >= 4 is 12.0 Å². The van der Waals surface area contributed by atoms with Gasteiger partial charge in [0.05, 0.1) is 0 Å². The van der Waals surface area contributed by atoms with Gasteiger partial charge in [0.2, 0.25) is 0 Å². The predicted molar refractivity (Wildman–Crippen MR) is 123 cm³/mol. The number of nitrogens with zero attached hydrogens (tertiary/aromatic N) is 2. The number of hydrogen-bond donors (Lipinski definition) is 1. The van der Waals surface area contributed by atoms with Crippen molar-refractivity contribution in [2.45, 2.75) is 73.7 Å². The second kappa shape index (κ2) is 19.5. The number of carbonyl (C=O) groups is 1. The number of aldehydes is 1. The molecule has 194 valence electrons. The highest BCUT2D eigenvalue weighted by Crippen LogP contribution is 2.29. The van der Waals surface area contributed by atoms with Gasteiger partial charge in [0.25, 0.3) is 0 Å². The molecule has 2 aromatic heterocycles. The zero-order valence-electron chi connectivity index (χ0n) is 20.6. The molecule has 0 aliphatic carbocycles. The number of alkyl halides is 6. The van der Waals surface area contributed by atoms with E-state index in [2.05, 4.69) is 23.8 Å². The average Bonchev–Trinajstić information content (AvgIpc) is 2.85. The summed E-state index contributed by atoms with van der Waals surface area (Å²) in [4.78, 5) is 16.3. The quantitative estimate of drug-likeness (QED) is 0.262. The first kappa shape index (κ1) is 35.7. The summed E-state index contributed by atoms with van der Waals surface area (Å²) in [5.41, 5.74) is -1.98. The molecule has 0 atom stereocenters. The molecule has 0 aromatic carbocycles. The van der Waals surface area contributed by atoms with Crippen molar-refractivity contribution in [3.05, 3.63) is 65.2 Å². The van der Waals surface area contributed by atoms with Gasteiger partial charge < -0.3 is 5.11 Å². The van der Waals surface area contributed by atoms with Crippen LogP contribution >= 0.6 is 0 Å². The highest BCUT2D eigenvalue weighted by atomic mass is 19.4. The summed E-state index contributed by atoms with van der Waals surface area (Å²) < 4.78 is 72.3. The average molecular weight is 497 g/mol. The lowest BCUT2D eigenvalue weighted by Gasteiger charge is -2.06. The van der Waals surface area contributed by atoms with Gasteiger partial charge in [-0.3, -0.25) is 14.8 Å². The van der Waals surface area contributed by atoms with E-state index in [-0.39, 0.29) is 16.9 Å². The van der Waals surface area contributed by atoms with E-state index in [4.69, 9.17) is 0 Å². The molecule has 0 unspecified atom stereocenters. The fraction of sp³-hybridized carbons (Fsp3) is 0.458. The van der Waals surface area contributed by atoms with Gasteiger partial charge in [-0.05, 0) is 37.3 Å². The third-order valence-electron chi connectivity index (χ3n) is 3.33. The minimum absolute atomic E-state index is 0.0303. The van der Waals surface area contributed by atoms with Gasteiger partial charge in [-0.15, -0.1) is 0 Å². The van der Waals surface area contributed by atoms with Crippen LogP contribution in [-0.4, -0.2) is 21.4 Å². The first-order valence-electron chi connectivity index (χ1n) is 10.8. The summed E-state index contributed by atoms with van der Waals surface area (Å²) in [6, 6.07) is 4.02. The van der Waals surface area contributed by atoms with Crippen molar-refractivity contribution in [2.75, 3.05) is 0 Å². The number of pyridine rings is 2. The third kappa shape index (κ3) is 15.8. The number of unbranched alkanes of at least 4 members (excludes halogenated alkanes) is 1. The Balaban J connectivity index is -0.000000436. The van der Waals surface area contributed by atoms with Crippen LogP contribution in [-0.2, 0) is 12.4 Å². The highest BCUT2D eigenvalue weighted by molar-refractivity contribution is 5.74. The van der Waals surface area contributed by atoms with Crippen LogP contribution in [0.4, 0.5) is 26.3 Å². The van der Waals surface area contributed by atoms with Crippen LogP contribution < -0.4 is 0 Å². The van der Waals surface area contributed by atoms with E-state index in [0.717, 1.165) is 18.5 Å². The molecule has 10 heteroatoms. The van der Waals surface area contributed by atoms with Crippen molar-refractivity contribution < 1.29 is 36.2 Å². The van der Waals surface area contributed by atoms with Gasteiger partial charge in [-0.1, -0.05) is 54.4 Å². The molecular weight excluding hydrogens is 462 g/mol. The van der Waals surface area contributed by atoms with Gasteiger partial charge in [-0.2, -0.15) is 26.3 Å². The van der Waals surface area contributed by atoms with E-state index >= 15 is 0 Å². The maximum Gasteiger partial charge on any atom is 0.433 e. The third-order valence-corrected chi connectivity index (χ3v) is 3.33. The summed E-state index contributed by atoms with van der Waals surface area (Å²) in [6.45, 7) is 13.9. The number of rotatable bonds is 3. The van der Waals surface area contributed by atoms with E-state index in [1.165, 1.54) is 38.0 Å². The number of aliphatic hydroxyl groups excluding tert-OH is 1. The molecule has 0 spiro atoms.